The number of methoxy groups -OCH3 is 1. The fourth-order valence-corrected chi connectivity index (χ4v) is 2.99. The van der Waals surface area contributed by atoms with Crippen LogP contribution < -0.4 is 4.74 Å². The third kappa shape index (κ3) is 4.30. The average Bonchev–Trinajstić information content (AvgIpc) is 2.96. The van der Waals surface area contributed by atoms with Gasteiger partial charge in [0.25, 0.3) is 0 Å². The van der Waals surface area contributed by atoms with Crippen molar-refractivity contribution in [3.05, 3.63) is 35.9 Å². The Kier molecular flexibility index (Phi) is 6.69. The molecule has 0 bridgehead atoms. The lowest BCUT2D eigenvalue weighted by molar-refractivity contribution is -0.139. The number of allylic oxidation sites excluding steroid dienone is 1. The van der Waals surface area contributed by atoms with Gasteiger partial charge >= 0.3 is 5.97 Å². The summed E-state index contributed by atoms with van der Waals surface area (Å²) < 4.78 is 12.2. The lowest BCUT2D eigenvalue weighted by Crippen LogP contribution is -2.08. The zero-order valence-electron chi connectivity index (χ0n) is 13.5. The second-order valence-electron chi connectivity index (χ2n) is 4.64. The molecule has 0 aliphatic rings. The Morgan fingerprint density at radius 1 is 1.46 bits per heavy atom. The molecule has 128 valence electrons. The van der Waals surface area contributed by atoms with E-state index in [1.807, 2.05) is 4.57 Å². The van der Waals surface area contributed by atoms with Crippen molar-refractivity contribution in [2.75, 3.05) is 19.5 Å². The molecule has 2 aromatic rings. The van der Waals surface area contributed by atoms with Gasteiger partial charge in [0.2, 0.25) is 0 Å². The van der Waals surface area contributed by atoms with Crippen LogP contribution in [-0.4, -0.2) is 40.2 Å². The SMILES string of the molecule is C=CCn1c(SCC(=O)OCC)nnc1-c1cc(Cl)ccc1OC. The number of hydrogen-bond donors (Lipinski definition) is 0. The summed E-state index contributed by atoms with van der Waals surface area (Å²) in [5, 5.41) is 9.57. The number of esters is 1. The van der Waals surface area contributed by atoms with E-state index in [0.717, 1.165) is 5.56 Å². The fourth-order valence-electron chi connectivity index (χ4n) is 2.07. The zero-order valence-corrected chi connectivity index (χ0v) is 15.1. The van der Waals surface area contributed by atoms with Gasteiger partial charge in [-0.1, -0.05) is 29.4 Å². The van der Waals surface area contributed by atoms with Crippen LogP contribution in [0.5, 0.6) is 5.75 Å². The van der Waals surface area contributed by atoms with Crippen LogP contribution in [0.4, 0.5) is 0 Å². The summed E-state index contributed by atoms with van der Waals surface area (Å²) in [4.78, 5) is 11.5. The molecule has 8 heteroatoms. The van der Waals surface area contributed by atoms with Crippen LogP contribution in [0.1, 0.15) is 6.92 Å². The normalized spacial score (nSPS) is 10.5. The third-order valence-electron chi connectivity index (χ3n) is 3.06. The highest BCUT2D eigenvalue weighted by molar-refractivity contribution is 7.99. The maximum Gasteiger partial charge on any atom is 0.316 e. The minimum absolute atomic E-state index is 0.162. The maximum absolute atomic E-state index is 11.5. The van der Waals surface area contributed by atoms with Crippen LogP contribution >= 0.6 is 23.4 Å². The van der Waals surface area contributed by atoms with E-state index in [-0.39, 0.29) is 11.7 Å². The number of carbonyl (C=O) groups is 1. The van der Waals surface area contributed by atoms with Crippen molar-refractivity contribution < 1.29 is 14.3 Å². The molecule has 0 aliphatic heterocycles. The monoisotopic (exact) mass is 367 g/mol. The molecule has 0 fully saturated rings. The van der Waals surface area contributed by atoms with Gasteiger partial charge in [0.05, 0.1) is 25.0 Å². The molecule has 1 heterocycles. The largest absolute Gasteiger partial charge is 0.496 e. The zero-order chi connectivity index (χ0) is 17.5. The highest BCUT2D eigenvalue weighted by Gasteiger charge is 2.18. The minimum atomic E-state index is -0.294. The molecule has 0 saturated carbocycles. The number of aromatic nitrogens is 3. The number of thioether (sulfide) groups is 1. The van der Waals surface area contributed by atoms with E-state index in [4.69, 9.17) is 21.1 Å². The topological polar surface area (TPSA) is 66.2 Å². The first-order chi connectivity index (χ1) is 11.6. The molecule has 0 N–H and O–H groups in total. The molecule has 0 spiro atoms. The Morgan fingerprint density at radius 2 is 2.25 bits per heavy atom. The van der Waals surface area contributed by atoms with E-state index in [1.165, 1.54) is 11.8 Å². The summed E-state index contributed by atoms with van der Waals surface area (Å²) in [5.74, 6) is 1.10. The van der Waals surface area contributed by atoms with E-state index in [2.05, 4.69) is 16.8 Å². The number of nitrogens with zero attached hydrogens (tertiary/aromatic N) is 3. The molecule has 24 heavy (non-hydrogen) atoms. The highest BCUT2D eigenvalue weighted by atomic mass is 35.5. The summed E-state index contributed by atoms with van der Waals surface area (Å²) in [6, 6.07) is 5.29. The van der Waals surface area contributed by atoms with Crippen LogP contribution in [0.15, 0.2) is 36.0 Å². The second kappa shape index (κ2) is 8.75. The quantitative estimate of drug-likeness (QED) is 0.404. The predicted molar refractivity (Wildman–Crippen MR) is 94.6 cm³/mol. The molecule has 0 aliphatic carbocycles. The third-order valence-corrected chi connectivity index (χ3v) is 4.23. The lowest BCUT2D eigenvalue weighted by Gasteiger charge is -2.11. The smallest absolute Gasteiger partial charge is 0.316 e. The van der Waals surface area contributed by atoms with Gasteiger partial charge in [-0.3, -0.25) is 9.36 Å². The van der Waals surface area contributed by atoms with Crippen molar-refractivity contribution in [3.8, 4) is 17.1 Å². The van der Waals surface area contributed by atoms with E-state index in [0.29, 0.717) is 34.9 Å². The molecule has 0 unspecified atom stereocenters. The van der Waals surface area contributed by atoms with Crippen molar-refractivity contribution in [1.29, 1.82) is 0 Å². The highest BCUT2D eigenvalue weighted by Crippen LogP contribution is 2.33. The molecule has 1 aromatic heterocycles. The molecule has 0 atom stereocenters. The van der Waals surface area contributed by atoms with Crippen LogP contribution in [0.2, 0.25) is 5.02 Å². The van der Waals surface area contributed by atoms with Gasteiger partial charge in [-0.15, -0.1) is 16.8 Å². The molecule has 6 nitrogen and oxygen atoms in total. The van der Waals surface area contributed by atoms with Crippen LogP contribution in [0.3, 0.4) is 0 Å². The molecule has 2 rings (SSSR count). The first-order valence-corrected chi connectivity index (χ1v) is 8.63. The number of rotatable bonds is 8. The van der Waals surface area contributed by atoms with Crippen LogP contribution in [0.25, 0.3) is 11.4 Å². The number of halogens is 1. The summed E-state index contributed by atoms with van der Waals surface area (Å²) in [6.45, 7) is 6.37. The van der Waals surface area contributed by atoms with Gasteiger partial charge in [0.1, 0.15) is 5.75 Å². The van der Waals surface area contributed by atoms with Crippen molar-refractivity contribution in [1.82, 2.24) is 14.8 Å². The summed E-state index contributed by atoms with van der Waals surface area (Å²) in [7, 11) is 1.58. The maximum atomic E-state index is 11.5. The van der Waals surface area contributed by atoms with Gasteiger partial charge in [0.15, 0.2) is 11.0 Å². The summed E-state index contributed by atoms with van der Waals surface area (Å²) >= 11 is 7.36. The molecule has 1 aromatic carbocycles. The van der Waals surface area contributed by atoms with E-state index < -0.39 is 0 Å². The molecular weight excluding hydrogens is 350 g/mol. The van der Waals surface area contributed by atoms with E-state index in [9.17, 15) is 4.79 Å². The molecule has 0 saturated heterocycles. The standard InChI is InChI=1S/C16H18ClN3O3S/c1-4-8-20-15(12-9-11(17)6-7-13(12)22-3)18-19-16(20)24-10-14(21)23-5-2/h4,6-7,9H,1,5,8,10H2,2-3H3. The first kappa shape index (κ1) is 18.4. The number of carbonyl (C=O) groups excluding carboxylic acids is 1. The Morgan fingerprint density at radius 3 is 2.92 bits per heavy atom. The fraction of sp³-hybridized carbons (Fsp3) is 0.312. The van der Waals surface area contributed by atoms with Crippen molar-refractivity contribution in [2.45, 2.75) is 18.6 Å². The second-order valence-corrected chi connectivity index (χ2v) is 6.02. The lowest BCUT2D eigenvalue weighted by atomic mass is 10.2. The first-order valence-electron chi connectivity index (χ1n) is 7.27. The Bertz CT molecular complexity index is 733. The van der Waals surface area contributed by atoms with Gasteiger partial charge in [-0.25, -0.2) is 0 Å². The van der Waals surface area contributed by atoms with Gasteiger partial charge in [0, 0.05) is 11.6 Å². The molecular formula is C16H18ClN3O3S. The summed E-state index contributed by atoms with van der Waals surface area (Å²) in [5.41, 5.74) is 0.724. The van der Waals surface area contributed by atoms with Gasteiger partial charge in [-0.2, -0.15) is 0 Å². The van der Waals surface area contributed by atoms with Crippen molar-refractivity contribution >= 4 is 29.3 Å². The van der Waals surface area contributed by atoms with E-state index >= 15 is 0 Å². The average molecular weight is 368 g/mol. The molecule has 0 radical (unpaired) electrons. The van der Waals surface area contributed by atoms with Gasteiger partial charge in [-0.05, 0) is 25.1 Å². The van der Waals surface area contributed by atoms with Crippen LogP contribution in [0, 0.1) is 0 Å². The number of hydrogen-bond acceptors (Lipinski definition) is 6. The minimum Gasteiger partial charge on any atom is -0.496 e. The Hall–Kier alpha value is -1.99. The summed E-state index contributed by atoms with van der Waals surface area (Å²) in [6.07, 6.45) is 1.73. The molecule has 0 amide bonds. The van der Waals surface area contributed by atoms with Crippen molar-refractivity contribution in [3.63, 3.8) is 0 Å². The number of benzene rings is 1. The van der Waals surface area contributed by atoms with Gasteiger partial charge < -0.3 is 9.47 Å². The Balaban J connectivity index is 2.36. The predicted octanol–water partition coefficient (Wildman–Crippen LogP) is 3.45. The van der Waals surface area contributed by atoms with Crippen LogP contribution in [-0.2, 0) is 16.1 Å². The van der Waals surface area contributed by atoms with E-state index in [1.54, 1.807) is 38.3 Å². The Labute approximate surface area is 149 Å². The van der Waals surface area contributed by atoms with Crippen molar-refractivity contribution in [2.24, 2.45) is 0 Å². The number of ether oxygens (including phenoxy) is 2.